The second kappa shape index (κ2) is 12.6. The van der Waals surface area contributed by atoms with Crippen LogP contribution in [0.4, 0.5) is 0 Å². The number of methoxy groups -OCH3 is 1. The van der Waals surface area contributed by atoms with Crippen molar-refractivity contribution in [3.05, 3.63) is 29.8 Å². The average molecular weight is 335 g/mol. The van der Waals surface area contributed by atoms with Crippen LogP contribution in [-0.2, 0) is 4.74 Å². The fourth-order valence-electron chi connectivity index (χ4n) is 2.38. The van der Waals surface area contributed by atoms with Gasteiger partial charge in [-0.15, -0.1) is 0 Å². The highest BCUT2D eigenvalue weighted by Crippen LogP contribution is 2.25. The number of aliphatic imine (C=N–C) groups is 1. The third-order valence-corrected chi connectivity index (χ3v) is 3.87. The van der Waals surface area contributed by atoms with Crippen molar-refractivity contribution in [3.63, 3.8) is 0 Å². The Labute approximate surface area is 146 Å². The van der Waals surface area contributed by atoms with E-state index in [0.717, 1.165) is 50.9 Å². The second-order valence-electron chi connectivity index (χ2n) is 5.84. The van der Waals surface area contributed by atoms with Crippen LogP contribution in [-0.4, -0.2) is 46.4 Å². The van der Waals surface area contributed by atoms with Crippen molar-refractivity contribution in [1.29, 1.82) is 0 Å². The molecule has 0 saturated heterocycles. The quantitative estimate of drug-likeness (QED) is 0.370. The largest absolute Gasteiger partial charge is 0.496 e. The van der Waals surface area contributed by atoms with Crippen molar-refractivity contribution in [3.8, 4) is 5.75 Å². The summed E-state index contributed by atoms with van der Waals surface area (Å²) in [7, 11) is 3.50. The topological polar surface area (TPSA) is 54.9 Å². The molecule has 0 aliphatic rings. The summed E-state index contributed by atoms with van der Waals surface area (Å²) in [5.74, 6) is 2.08. The number of unbranched alkanes of at least 4 members (excludes halogenated alkanes) is 1. The fourth-order valence-corrected chi connectivity index (χ4v) is 2.38. The molecule has 0 heterocycles. The van der Waals surface area contributed by atoms with Crippen LogP contribution < -0.4 is 15.4 Å². The number of nitrogens with one attached hydrogen (secondary N) is 2. The number of rotatable bonds is 11. The van der Waals surface area contributed by atoms with Gasteiger partial charge < -0.3 is 20.1 Å². The maximum absolute atomic E-state index is 5.56. The Morgan fingerprint density at radius 3 is 2.62 bits per heavy atom. The van der Waals surface area contributed by atoms with E-state index in [2.05, 4.69) is 35.5 Å². The van der Waals surface area contributed by atoms with Gasteiger partial charge in [-0.05, 0) is 24.5 Å². The number of para-hydroxylation sites is 1. The molecule has 0 fully saturated rings. The van der Waals surface area contributed by atoms with Crippen LogP contribution in [0, 0.1) is 0 Å². The Bertz CT molecular complexity index is 477. The molecule has 24 heavy (non-hydrogen) atoms. The van der Waals surface area contributed by atoms with E-state index < -0.39 is 0 Å². The average Bonchev–Trinajstić information content (AvgIpc) is 2.63. The summed E-state index contributed by atoms with van der Waals surface area (Å²) in [4.78, 5) is 4.27. The molecule has 1 aromatic carbocycles. The van der Waals surface area contributed by atoms with E-state index >= 15 is 0 Å². The van der Waals surface area contributed by atoms with E-state index in [9.17, 15) is 0 Å². The summed E-state index contributed by atoms with van der Waals surface area (Å²) in [5.41, 5.74) is 1.20. The van der Waals surface area contributed by atoms with Gasteiger partial charge in [-0.3, -0.25) is 4.99 Å². The predicted molar refractivity (Wildman–Crippen MR) is 101 cm³/mol. The molecule has 0 amide bonds. The van der Waals surface area contributed by atoms with Gasteiger partial charge in [-0.25, -0.2) is 0 Å². The maximum atomic E-state index is 5.56. The van der Waals surface area contributed by atoms with Crippen molar-refractivity contribution in [2.24, 2.45) is 4.99 Å². The molecule has 0 aliphatic heterocycles. The van der Waals surface area contributed by atoms with E-state index in [4.69, 9.17) is 9.47 Å². The Morgan fingerprint density at radius 2 is 1.92 bits per heavy atom. The molecule has 5 nitrogen and oxygen atoms in total. The summed E-state index contributed by atoms with van der Waals surface area (Å²) in [6, 6.07) is 8.14. The monoisotopic (exact) mass is 335 g/mol. The van der Waals surface area contributed by atoms with E-state index in [0.29, 0.717) is 5.92 Å². The van der Waals surface area contributed by atoms with E-state index in [1.54, 1.807) is 14.2 Å². The summed E-state index contributed by atoms with van der Waals surface area (Å²) in [6.07, 6.45) is 3.29. The first-order chi connectivity index (χ1) is 11.7. The van der Waals surface area contributed by atoms with Crippen LogP contribution >= 0.6 is 0 Å². The second-order valence-corrected chi connectivity index (χ2v) is 5.84. The van der Waals surface area contributed by atoms with E-state index in [-0.39, 0.29) is 0 Å². The molecule has 1 unspecified atom stereocenters. The van der Waals surface area contributed by atoms with Crippen molar-refractivity contribution in [2.75, 3.05) is 40.5 Å². The van der Waals surface area contributed by atoms with Crippen LogP contribution in [0.5, 0.6) is 5.75 Å². The van der Waals surface area contributed by atoms with Crippen molar-refractivity contribution < 1.29 is 9.47 Å². The van der Waals surface area contributed by atoms with Gasteiger partial charge in [-0.2, -0.15) is 0 Å². The van der Waals surface area contributed by atoms with Crippen molar-refractivity contribution in [1.82, 2.24) is 10.6 Å². The minimum Gasteiger partial charge on any atom is -0.496 e. The van der Waals surface area contributed by atoms with E-state index in [1.165, 1.54) is 12.0 Å². The number of nitrogens with zero attached hydrogens (tertiary/aromatic N) is 1. The Hall–Kier alpha value is -1.75. The van der Waals surface area contributed by atoms with Crippen molar-refractivity contribution in [2.45, 2.75) is 39.0 Å². The first-order valence-electron chi connectivity index (χ1n) is 8.88. The van der Waals surface area contributed by atoms with Crippen molar-refractivity contribution >= 4 is 5.96 Å². The number of hydrogen-bond acceptors (Lipinski definition) is 3. The van der Waals surface area contributed by atoms with Gasteiger partial charge in [0.1, 0.15) is 5.75 Å². The summed E-state index contributed by atoms with van der Waals surface area (Å²) in [6.45, 7) is 7.66. The van der Waals surface area contributed by atoms with Gasteiger partial charge in [0.15, 0.2) is 5.96 Å². The first-order valence-corrected chi connectivity index (χ1v) is 8.88. The highest BCUT2D eigenvalue weighted by molar-refractivity contribution is 5.79. The standard InChI is InChI=1S/C19H33N3O2/c1-5-6-13-24-14-9-12-21-19(20-3)22-15-16(2)17-10-7-8-11-18(17)23-4/h7-8,10-11,16H,5-6,9,12-15H2,1-4H3,(H2,20,21,22). The third-order valence-electron chi connectivity index (χ3n) is 3.87. The predicted octanol–water partition coefficient (Wildman–Crippen LogP) is 3.17. The summed E-state index contributed by atoms with van der Waals surface area (Å²) < 4.78 is 11.0. The Balaban J connectivity index is 2.28. The van der Waals surface area contributed by atoms with Gasteiger partial charge in [0.25, 0.3) is 0 Å². The van der Waals surface area contributed by atoms with E-state index in [1.807, 2.05) is 18.2 Å². The molecular weight excluding hydrogens is 302 g/mol. The molecule has 136 valence electrons. The maximum Gasteiger partial charge on any atom is 0.190 e. The molecule has 0 aromatic heterocycles. The number of benzene rings is 1. The van der Waals surface area contributed by atoms with Crippen LogP contribution in [0.1, 0.15) is 44.6 Å². The van der Waals surface area contributed by atoms with Gasteiger partial charge in [-0.1, -0.05) is 38.5 Å². The molecule has 0 spiro atoms. The molecule has 2 N–H and O–H groups in total. The minimum atomic E-state index is 0.331. The normalized spacial score (nSPS) is 12.8. The van der Waals surface area contributed by atoms with Crippen LogP contribution in [0.2, 0.25) is 0 Å². The first kappa shape index (κ1) is 20.3. The van der Waals surface area contributed by atoms with Gasteiger partial charge in [0.2, 0.25) is 0 Å². The minimum absolute atomic E-state index is 0.331. The van der Waals surface area contributed by atoms with Crippen LogP contribution in [0.3, 0.4) is 0 Å². The lowest BCUT2D eigenvalue weighted by Crippen LogP contribution is -2.39. The highest BCUT2D eigenvalue weighted by atomic mass is 16.5. The molecular formula is C19H33N3O2. The zero-order valence-electron chi connectivity index (χ0n) is 15.6. The van der Waals surface area contributed by atoms with Gasteiger partial charge in [0.05, 0.1) is 7.11 Å². The van der Waals surface area contributed by atoms with Crippen LogP contribution in [0.15, 0.2) is 29.3 Å². The summed E-state index contributed by atoms with van der Waals surface area (Å²) in [5, 5.41) is 6.70. The molecule has 1 atom stereocenters. The lowest BCUT2D eigenvalue weighted by molar-refractivity contribution is 0.129. The lowest BCUT2D eigenvalue weighted by Gasteiger charge is -2.18. The molecule has 0 radical (unpaired) electrons. The smallest absolute Gasteiger partial charge is 0.190 e. The lowest BCUT2D eigenvalue weighted by atomic mass is 10.0. The van der Waals surface area contributed by atoms with Gasteiger partial charge >= 0.3 is 0 Å². The molecule has 0 saturated carbocycles. The Morgan fingerprint density at radius 1 is 1.17 bits per heavy atom. The molecule has 1 aromatic rings. The SMILES string of the molecule is CCCCOCCCNC(=NC)NCC(C)c1ccccc1OC. The number of hydrogen-bond donors (Lipinski definition) is 2. The molecule has 0 aliphatic carbocycles. The summed E-state index contributed by atoms with van der Waals surface area (Å²) >= 11 is 0. The Kier molecular flexibility index (Phi) is 10.7. The molecule has 1 rings (SSSR count). The van der Waals surface area contributed by atoms with Gasteiger partial charge in [0, 0.05) is 39.3 Å². The number of guanidine groups is 1. The zero-order valence-corrected chi connectivity index (χ0v) is 15.6. The zero-order chi connectivity index (χ0) is 17.6. The third kappa shape index (κ3) is 7.68. The molecule has 0 bridgehead atoms. The number of ether oxygens (including phenoxy) is 2. The molecule has 5 heteroatoms. The fraction of sp³-hybridized carbons (Fsp3) is 0.632. The van der Waals surface area contributed by atoms with Crippen LogP contribution in [0.25, 0.3) is 0 Å². The highest BCUT2D eigenvalue weighted by Gasteiger charge is 2.11.